The van der Waals surface area contributed by atoms with Gasteiger partial charge in [0.2, 0.25) is 0 Å². The number of nitrogens with zero attached hydrogens (tertiary/aromatic N) is 2. The number of carbonyl (C=O) groups excluding carboxylic acids is 1. The van der Waals surface area contributed by atoms with E-state index in [4.69, 9.17) is 9.47 Å². The van der Waals surface area contributed by atoms with Gasteiger partial charge in [0.25, 0.3) is 5.91 Å². The fourth-order valence-electron chi connectivity index (χ4n) is 3.61. The summed E-state index contributed by atoms with van der Waals surface area (Å²) in [6.07, 6.45) is 3.77. The molecule has 0 bridgehead atoms. The van der Waals surface area contributed by atoms with Crippen LogP contribution in [0.2, 0.25) is 0 Å². The van der Waals surface area contributed by atoms with Crippen molar-refractivity contribution in [3.05, 3.63) is 35.4 Å². The number of hydrogen-bond acceptors (Lipinski definition) is 4. The van der Waals surface area contributed by atoms with E-state index >= 15 is 0 Å². The van der Waals surface area contributed by atoms with Gasteiger partial charge in [0, 0.05) is 52.0 Å². The van der Waals surface area contributed by atoms with Crippen LogP contribution >= 0.6 is 0 Å². The molecule has 0 aromatic heterocycles. The third kappa shape index (κ3) is 7.29. The van der Waals surface area contributed by atoms with E-state index in [0.29, 0.717) is 25.2 Å². The van der Waals surface area contributed by atoms with Gasteiger partial charge >= 0.3 is 0 Å². The van der Waals surface area contributed by atoms with Crippen molar-refractivity contribution >= 4 is 11.9 Å². The Morgan fingerprint density at radius 2 is 1.87 bits per heavy atom. The van der Waals surface area contributed by atoms with E-state index in [9.17, 15) is 4.79 Å². The van der Waals surface area contributed by atoms with Gasteiger partial charge in [-0.1, -0.05) is 12.1 Å². The minimum absolute atomic E-state index is 0.0675. The topological polar surface area (TPSA) is 75.2 Å². The summed E-state index contributed by atoms with van der Waals surface area (Å²) < 4.78 is 11.4. The smallest absolute Gasteiger partial charge is 0.254 e. The van der Waals surface area contributed by atoms with E-state index in [2.05, 4.69) is 15.6 Å². The van der Waals surface area contributed by atoms with Crippen molar-refractivity contribution in [1.82, 2.24) is 15.5 Å². The van der Waals surface area contributed by atoms with Crippen LogP contribution in [0.25, 0.3) is 0 Å². The first-order chi connectivity index (χ1) is 14.5. The second kappa shape index (κ2) is 11.3. The Morgan fingerprint density at radius 3 is 2.50 bits per heavy atom. The number of nitrogens with one attached hydrogen (secondary N) is 2. The van der Waals surface area contributed by atoms with Crippen LogP contribution < -0.4 is 10.6 Å². The molecule has 2 atom stereocenters. The molecule has 2 aliphatic rings. The molecular formula is C23H36N4O3. The zero-order valence-corrected chi connectivity index (χ0v) is 18.5. The number of hydrogen-bond donors (Lipinski definition) is 2. The molecule has 2 unspecified atom stereocenters. The molecule has 1 heterocycles. The lowest BCUT2D eigenvalue weighted by Crippen LogP contribution is -2.48. The number of morpholine rings is 1. The van der Waals surface area contributed by atoms with Gasteiger partial charge in [-0.2, -0.15) is 0 Å². The van der Waals surface area contributed by atoms with Gasteiger partial charge in [-0.15, -0.1) is 0 Å². The monoisotopic (exact) mass is 416 g/mol. The van der Waals surface area contributed by atoms with Gasteiger partial charge in [0.1, 0.15) is 0 Å². The highest BCUT2D eigenvalue weighted by Crippen LogP contribution is 2.28. The summed E-state index contributed by atoms with van der Waals surface area (Å²) in [6, 6.07) is 7.79. The number of aliphatic imine (C=N–C) groups is 1. The van der Waals surface area contributed by atoms with Crippen LogP contribution in [0.3, 0.4) is 0 Å². The predicted octanol–water partition coefficient (Wildman–Crippen LogP) is 2.42. The quantitative estimate of drug-likeness (QED) is 0.367. The highest BCUT2D eigenvalue weighted by molar-refractivity contribution is 5.94. The first kappa shape index (κ1) is 22.6. The molecule has 2 fully saturated rings. The van der Waals surface area contributed by atoms with Gasteiger partial charge in [-0.05, 0) is 56.7 Å². The molecule has 2 N–H and O–H groups in total. The van der Waals surface area contributed by atoms with Crippen molar-refractivity contribution in [2.75, 3.05) is 39.9 Å². The summed E-state index contributed by atoms with van der Waals surface area (Å²) in [4.78, 5) is 18.9. The molecule has 166 valence electrons. The number of benzene rings is 1. The maximum absolute atomic E-state index is 12.8. The molecule has 1 aliphatic heterocycles. The number of rotatable bonds is 9. The van der Waals surface area contributed by atoms with Crippen LogP contribution in [0.5, 0.6) is 0 Å². The van der Waals surface area contributed by atoms with Crippen molar-refractivity contribution in [1.29, 1.82) is 0 Å². The molecule has 1 saturated heterocycles. The molecule has 7 nitrogen and oxygen atoms in total. The molecule has 7 heteroatoms. The normalized spacial score (nSPS) is 22.1. The van der Waals surface area contributed by atoms with Gasteiger partial charge in [-0.3, -0.25) is 9.79 Å². The summed E-state index contributed by atoms with van der Waals surface area (Å²) in [5.74, 6) is 1.65. The molecule has 3 rings (SSSR count). The molecule has 1 amide bonds. The van der Waals surface area contributed by atoms with E-state index in [-0.39, 0.29) is 18.1 Å². The third-order valence-electron chi connectivity index (χ3n) is 5.40. The van der Waals surface area contributed by atoms with Crippen LogP contribution in [-0.2, 0) is 16.0 Å². The Morgan fingerprint density at radius 1 is 1.17 bits per heavy atom. The number of amides is 1. The van der Waals surface area contributed by atoms with Gasteiger partial charge in [0.15, 0.2) is 5.96 Å². The average molecular weight is 417 g/mol. The molecular weight excluding hydrogens is 380 g/mol. The first-order valence-electron chi connectivity index (χ1n) is 11.1. The Balaban J connectivity index is 1.38. The Bertz CT molecular complexity index is 693. The maximum atomic E-state index is 12.8. The van der Waals surface area contributed by atoms with E-state index < -0.39 is 0 Å². The highest BCUT2D eigenvalue weighted by atomic mass is 16.5. The average Bonchev–Trinajstić information content (AvgIpc) is 3.56. The van der Waals surface area contributed by atoms with E-state index in [1.54, 1.807) is 7.05 Å². The Labute approximate surface area is 180 Å². The highest BCUT2D eigenvalue weighted by Gasteiger charge is 2.26. The van der Waals surface area contributed by atoms with Crippen LogP contribution in [0.15, 0.2) is 29.3 Å². The standard InChI is InChI=1S/C23H36N4O3/c1-17-14-27(15-18(2)30-17)22(28)21-9-7-19(8-10-21)13-26-23(24-3)25-11-4-12-29-16-20-5-6-20/h7-10,17-18,20H,4-6,11-16H2,1-3H3,(H2,24,25,26). The summed E-state index contributed by atoms with van der Waals surface area (Å²) in [5.41, 5.74) is 1.82. The van der Waals surface area contributed by atoms with Crippen molar-refractivity contribution in [2.24, 2.45) is 10.9 Å². The molecule has 0 spiro atoms. The largest absolute Gasteiger partial charge is 0.381 e. The molecule has 1 aromatic rings. The first-order valence-corrected chi connectivity index (χ1v) is 11.1. The van der Waals surface area contributed by atoms with Gasteiger partial charge in [0.05, 0.1) is 12.2 Å². The fourth-order valence-corrected chi connectivity index (χ4v) is 3.61. The Kier molecular flexibility index (Phi) is 8.51. The lowest BCUT2D eigenvalue weighted by Gasteiger charge is -2.35. The lowest BCUT2D eigenvalue weighted by molar-refractivity contribution is -0.0586. The number of ether oxygens (including phenoxy) is 2. The number of carbonyl (C=O) groups is 1. The maximum Gasteiger partial charge on any atom is 0.254 e. The molecule has 30 heavy (non-hydrogen) atoms. The molecule has 1 aliphatic carbocycles. The summed E-state index contributed by atoms with van der Waals surface area (Å²) in [6.45, 7) is 8.47. The fraction of sp³-hybridized carbons (Fsp3) is 0.652. The van der Waals surface area contributed by atoms with Crippen LogP contribution in [0.1, 0.15) is 49.0 Å². The van der Waals surface area contributed by atoms with Crippen molar-refractivity contribution in [3.8, 4) is 0 Å². The van der Waals surface area contributed by atoms with E-state index in [1.165, 1.54) is 12.8 Å². The summed E-state index contributed by atoms with van der Waals surface area (Å²) in [7, 11) is 1.77. The minimum Gasteiger partial charge on any atom is -0.381 e. The van der Waals surface area contributed by atoms with Crippen molar-refractivity contribution in [2.45, 2.75) is 51.9 Å². The van der Waals surface area contributed by atoms with Crippen molar-refractivity contribution in [3.63, 3.8) is 0 Å². The Hall–Kier alpha value is -2.12. The summed E-state index contributed by atoms with van der Waals surface area (Å²) in [5, 5.41) is 6.63. The number of guanidine groups is 1. The molecule has 1 aromatic carbocycles. The zero-order valence-electron chi connectivity index (χ0n) is 18.5. The van der Waals surface area contributed by atoms with Crippen LogP contribution in [0, 0.1) is 5.92 Å². The molecule has 0 radical (unpaired) electrons. The van der Waals surface area contributed by atoms with Gasteiger partial charge < -0.3 is 25.0 Å². The SMILES string of the molecule is CN=C(NCCCOCC1CC1)NCc1ccc(C(=O)N2CC(C)OC(C)C2)cc1. The predicted molar refractivity (Wildman–Crippen MR) is 119 cm³/mol. The van der Waals surface area contributed by atoms with Crippen LogP contribution in [0.4, 0.5) is 0 Å². The lowest BCUT2D eigenvalue weighted by atomic mass is 10.1. The molecule has 1 saturated carbocycles. The minimum atomic E-state index is 0.0675. The second-order valence-electron chi connectivity index (χ2n) is 8.39. The van der Waals surface area contributed by atoms with Crippen molar-refractivity contribution < 1.29 is 14.3 Å². The van der Waals surface area contributed by atoms with E-state index in [0.717, 1.165) is 43.6 Å². The van der Waals surface area contributed by atoms with E-state index in [1.807, 2.05) is 43.0 Å². The van der Waals surface area contributed by atoms with Crippen LogP contribution in [-0.4, -0.2) is 68.9 Å². The van der Waals surface area contributed by atoms with Gasteiger partial charge in [-0.25, -0.2) is 0 Å². The summed E-state index contributed by atoms with van der Waals surface area (Å²) >= 11 is 0. The zero-order chi connectivity index (χ0) is 21.3. The second-order valence-corrected chi connectivity index (χ2v) is 8.39. The third-order valence-corrected chi connectivity index (χ3v) is 5.40.